The average molecular weight is 461 g/mol. The molecule has 4 rings (SSSR count). The Morgan fingerprint density at radius 1 is 1.15 bits per heavy atom. The van der Waals surface area contributed by atoms with Crippen LogP contribution in [0.3, 0.4) is 0 Å². The molecule has 7 heteroatoms. The van der Waals surface area contributed by atoms with Crippen LogP contribution in [0, 0.1) is 6.92 Å². The first kappa shape index (κ1) is 22.3. The number of halogens is 1. The molecule has 0 radical (unpaired) electrons. The van der Waals surface area contributed by atoms with Crippen molar-refractivity contribution in [2.24, 2.45) is 5.10 Å². The number of furan rings is 1. The van der Waals surface area contributed by atoms with Crippen molar-refractivity contribution in [3.8, 4) is 11.3 Å². The minimum Gasteiger partial charge on any atom is -0.458 e. The standard InChI is InChI=1S/C26H21ClN2O4/c1-4-14-32-26(31)19-10-8-18(9-11-19)24-13-12-20(33-24)15-21-17(3)28-29(25(21)30)23-7-5-6-22(27)16(23)2/h4-13,15H,1,14H2,2-3H3/b21-15-. The third-order valence-corrected chi connectivity index (χ3v) is 5.59. The summed E-state index contributed by atoms with van der Waals surface area (Å²) in [6, 6.07) is 15.8. The summed E-state index contributed by atoms with van der Waals surface area (Å²) in [6.07, 6.45) is 3.19. The topological polar surface area (TPSA) is 72.1 Å². The zero-order valence-corrected chi connectivity index (χ0v) is 18.9. The second kappa shape index (κ2) is 9.30. The molecule has 1 aliphatic rings. The van der Waals surface area contributed by atoms with Crippen LogP contribution in [0.25, 0.3) is 17.4 Å². The Hall–Kier alpha value is -3.90. The van der Waals surface area contributed by atoms with Crippen LogP contribution in [0.1, 0.15) is 28.6 Å². The summed E-state index contributed by atoms with van der Waals surface area (Å²) >= 11 is 6.21. The molecule has 0 unspecified atom stereocenters. The predicted octanol–water partition coefficient (Wildman–Crippen LogP) is 6.06. The fourth-order valence-electron chi connectivity index (χ4n) is 3.39. The number of hydrogen-bond donors (Lipinski definition) is 0. The minimum absolute atomic E-state index is 0.159. The van der Waals surface area contributed by atoms with Crippen molar-refractivity contribution in [1.82, 2.24) is 0 Å². The van der Waals surface area contributed by atoms with Gasteiger partial charge in [0.1, 0.15) is 18.1 Å². The zero-order chi connectivity index (χ0) is 23.5. The zero-order valence-electron chi connectivity index (χ0n) is 18.2. The molecule has 0 saturated heterocycles. The number of amides is 1. The van der Waals surface area contributed by atoms with E-state index in [2.05, 4.69) is 11.7 Å². The third kappa shape index (κ3) is 4.52. The van der Waals surface area contributed by atoms with E-state index in [0.717, 1.165) is 11.1 Å². The van der Waals surface area contributed by atoms with Crippen LogP contribution in [-0.4, -0.2) is 24.2 Å². The molecule has 1 amide bonds. The molecule has 0 N–H and O–H groups in total. The first-order chi connectivity index (χ1) is 15.9. The lowest BCUT2D eigenvalue weighted by Crippen LogP contribution is -2.22. The molecule has 0 aliphatic carbocycles. The number of ether oxygens (including phenoxy) is 1. The first-order valence-corrected chi connectivity index (χ1v) is 10.6. The highest BCUT2D eigenvalue weighted by molar-refractivity contribution is 6.34. The van der Waals surface area contributed by atoms with E-state index < -0.39 is 5.97 Å². The molecule has 2 aromatic carbocycles. The van der Waals surface area contributed by atoms with Crippen molar-refractivity contribution >= 4 is 41.0 Å². The van der Waals surface area contributed by atoms with Gasteiger partial charge in [0.05, 0.1) is 22.5 Å². The Morgan fingerprint density at radius 3 is 2.64 bits per heavy atom. The van der Waals surface area contributed by atoms with Gasteiger partial charge in [-0.25, -0.2) is 4.79 Å². The molecule has 0 atom stereocenters. The largest absolute Gasteiger partial charge is 0.458 e. The number of rotatable bonds is 6. The number of benzene rings is 2. The summed E-state index contributed by atoms with van der Waals surface area (Å²) in [5, 5.41) is 6.34. The van der Waals surface area contributed by atoms with Crippen LogP contribution in [0.15, 0.2) is 82.3 Å². The van der Waals surface area contributed by atoms with E-state index in [1.54, 1.807) is 61.5 Å². The summed E-state index contributed by atoms with van der Waals surface area (Å²) in [5.74, 6) is 0.455. The lowest BCUT2D eigenvalue weighted by atomic mass is 10.1. The number of hydrogen-bond acceptors (Lipinski definition) is 5. The van der Waals surface area contributed by atoms with Gasteiger partial charge in [-0.05, 0) is 61.9 Å². The Balaban J connectivity index is 1.54. The van der Waals surface area contributed by atoms with Gasteiger partial charge in [-0.3, -0.25) is 4.79 Å². The van der Waals surface area contributed by atoms with Gasteiger partial charge in [-0.1, -0.05) is 42.5 Å². The second-order valence-corrected chi connectivity index (χ2v) is 7.82. The minimum atomic E-state index is -0.416. The quantitative estimate of drug-likeness (QED) is 0.255. The maximum absolute atomic E-state index is 13.0. The highest BCUT2D eigenvalue weighted by atomic mass is 35.5. The fraction of sp³-hybridized carbons (Fsp3) is 0.115. The van der Waals surface area contributed by atoms with Crippen LogP contribution in [0.5, 0.6) is 0 Å². The molecule has 33 heavy (non-hydrogen) atoms. The summed E-state index contributed by atoms with van der Waals surface area (Å²) in [6.45, 7) is 7.31. The van der Waals surface area contributed by atoms with Gasteiger partial charge in [0.25, 0.3) is 5.91 Å². The van der Waals surface area contributed by atoms with E-state index in [-0.39, 0.29) is 12.5 Å². The van der Waals surface area contributed by atoms with Crippen molar-refractivity contribution in [3.05, 3.63) is 94.7 Å². The number of carbonyl (C=O) groups is 2. The average Bonchev–Trinajstić information content (AvgIpc) is 3.40. The summed E-state index contributed by atoms with van der Waals surface area (Å²) < 4.78 is 11.0. The van der Waals surface area contributed by atoms with Gasteiger partial charge in [0.2, 0.25) is 0 Å². The lowest BCUT2D eigenvalue weighted by molar-refractivity contribution is -0.114. The molecular formula is C26H21ClN2O4. The van der Waals surface area contributed by atoms with Crippen molar-refractivity contribution in [2.45, 2.75) is 13.8 Å². The molecule has 0 saturated carbocycles. The number of esters is 1. The smallest absolute Gasteiger partial charge is 0.338 e. The molecule has 0 spiro atoms. The lowest BCUT2D eigenvalue weighted by Gasteiger charge is -2.15. The predicted molar refractivity (Wildman–Crippen MR) is 129 cm³/mol. The number of carbonyl (C=O) groups excluding carboxylic acids is 2. The molecule has 1 aliphatic heterocycles. The Labute approximate surface area is 196 Å². The molecule has 166 valence electrons. The second-order valence-electron chi connectivity index (χ2n) is 7.41. The van der Waals surface area contributed by atoms with Crippen molar-refractivity contribution < 1.29 is 18.7 Å². The van der Waals surface area contributed by atoms with Gasteiger partial charge in [0, 0.05) is 10.6 Å². The van der Waals surface area contributed by atoms with E-state index in [1.807, 2.05) is 13.0 Å². The summed E-state index contributed by atoms with van der Waals surface area (Å²) in [7, 11) is 0. The number of hydrazone groups is 1. The Morgan fingerprint density at radius 2 is 1.91 bits per heavy atom. The molecule has 0 fully saturated rings. The van der Waals surface area contributed by atoms with Crippen molar-refractivity contribution in [1.29, 1.82) is 0 Å². The molecule has 0 bridgehead atoms. The van der Waals surface area contributed by atoms with Gasteiger partial charge in [0.15, 0.2) is 0 Å². The fourth-order valence-corrected chi connectivity index (χ4v) is 3.56. The van der Waals surface area contributed by atoms with Gasteiger partial charge in [-0.2, -0.15) is 10.1 Å². The van der Waals surface area contributed by atoms with Crippen LogP contribution in [0.2, 0.25) is 5.02 Å². The normalized spacial score (nSPS) is 14.5. The maximum Gasteiger partial charge on any atom is 0.338 e. The van der Waals surface area contributed by atoms with Crippen molar-refractivity contribution in [3.63, 3.8) is 0 Å². The van der Waals surface area contributed by atoms with E-state index >= 15 is 0 Å². The third-order valence-electron chi connectivity index (χ3n) is 5.18. The SMILES string of the molecule is C=CCOC(=O)c1ccc(-c2ccc(/C=C3\C(=O)N(c4cccc(Cl)c4C)N=C3C)o2)cc1. The number of nitrogens with zero attached hydrogens (tertiary/aromatic N) is 2. The monoisotopic (exact) mass is 460 g/mol. The number of anilines is 1. The van der Waals surface area contributed by atoms with Gasteiger partial charge < -0.3 is 9.15 Å². The Bertz CT molecular complexity index is 1300. The van der Waals surface area contributed by atoms with E-state index in [1.165, 1.54) is 11.1 Å². The van der Waals surface area contributed by atoms with Crippen LogP contribution < -0.4 is 5.01 Å². The molecular weight excluding hydrogens is 440 g/mol. The van der Waals surface area contributed by atoms with Crippen molar-refractivity contribution in [2.75, 3.05) is 11.6 Å². The first-order valence-electron chi connectivity index (χ1n) is 10.2. The maximum atomic E-state index is 13.0. The Kier molecular flexibility index (Phi) is 6.29. The van der Waals surface area contributed by atoms with E-state index in [0.29, 0.717) is 39.1 Å². The van der Waals surface area contributed by atoms with E-state index in [9.17, 15) is 9.59 Å². The molecule has 3 aromatic rings. The van der Waals surface area contributed by atoms with Gasteiger partial charge in [-0.15, -0.1) is 0 Å². The molecule has 6 nitrogen and oxygen atoms in total. The highest BCUT2D eigenvalue weighted by Crippen LogP contribution is 2.32. The molecule has 2 heterocycles. The summed E-state index contributed by atoms with van der Waals surface area (Å²) in [4.78, 5) is 25.0. The van der Waals surface area contributed by atoms with E-state index in [4.69, 9.17) is 20.8 Å². The molecule has 1 aromatic heterocycles. The van der Waals surface area contributed by atoms with Crippen LogP contribution in [-0.2, 0) is 9.53 Å². The van der Waals surface area contributed by atoms with Gasteiger partial charge >= 0.3 is 5.97 Å². The highest BCUT2D eigenvalue weighted by Gasteiger charge is 2.30. The van der Waals surface area contributed by atoms with Crippen LogP contribution >= 0.6 is 11.6 Å². The van der Waals surface area contributed by atoms with Crippen LogP contribution in [0.4, 0.5) is 5.69 Å². The summed E-state index contributed by atoms with van der Waals surface area (Å²) in [5.41, 5.74) is 3.67.